The van der Waals surface area contributed by atoms with E-state index in [0.717, 1.165) is 64.7 Å². The third kappa shape index (κ3) is 3.40. The summed E-state index contributed by atoms with van der Waals surface area (Å²) in [6, 6.07) is 19.8. The van der Waals surface area contributed by atoms with Crippen molar-refractivity contribution >= 4 is 25.3 Å². The number of hydrogen-bond acceptors (Lipinski definition) is 5. The smallest absolute Gasteiger partial charge is 0.113 e. The molecule has 0 aromatic carbocycles. The quantitative estimate of drug-likeness (QED) is 0.413. The summed E-state index contributed by atoms with van der Waals surface area (Å²) in [5.74, 6) is 0. The molecule has 4 aliphatic heterocycles. The molecule has 0 amide bonds. The molecule has 0 fully saturated rings. The van der Waals surface area contributed by atoms with Gasteiger partial charge >= 0.3 is 0 Å². The second-order valence-electron chi connectivity index (χ2n) is 8.11. The van der Waals surface area contributed by atoms with E-state index in [1.165, 1.54) is 0 Å². The van der Waals surface area contributed by atoms with Gasteiger partial charge in [-0.05, 0) is 69.4 Å². The van der Waals surface area contributed by atoms with Gasteiger partial charge < -0.3 is 0 Å². The Kier molecular flexibility index (Phi) is 4.66. The summed E-state index contributed by atoms with van der Waals surface area (Å²) in [6.07, 6.45) is 9.42. The normalized spacial score (nSPS) is 12.7. The summed E-state index contributed by atoms with van der Waals surface area (Å²) < 4.78 is 0. The summed E-state index contributed by atoms with van der Waals surface area (Å²) in [6.45, 7) is 8.32. The van der Waals surface area contributed by atoms with E-state index < -0.39 is 0 Å². The van der Waals surface area contributed by atoms with Gasteiger partial charge in [0.2, 0.25) is 0 Å². The van der Waals surface area contributed by atoms with Crippen LogP contribution in [-0.4, -0.2) is 25.1 Å². The fourth-order valence-corrected chi connectivity index (χ4v) is 4.31. The second kappa shape index (κ2) is 7.98. The predicted octanol–water partition coefficient (Wildman–Crippen LogP) is 1.69. The number of fused-ring (bicyclic) bond motifs is 1. The van der Waals surface area contributed by atoms with Crippen LogP contribution in [0.5, 0.6) is 0 Å². The molecule has 0 saturated carbocycles. The van der Waals surface area contributed by atoms with Crippen molar-refractivity contribution in [3.8, 4) is 11.3 Å². The van der Waals surface area contributed by atoms with Crippen molar-refractivity contribution in [2.45, 2.75) is 0 Å². The second-order valence-corrected chi connectivity index (χ2v) is 8.11. The Labute approximate surface area is 194 Å². The Morgan fingerprint density at radius 1 is 0.618 bits per heavy atom. The van der Waals surface area contributed by atoms with Gasteiger partial charge in [-0.15, -0.1) is 10.2 Å². The van der Waals surface area contributed by atoms with Crippen LogP contribution in [-0.2, 0) is 0 Å². The molecule has 0 atom stereocenters. The molecule has 6 aliphatic rings. The van der Waals surface area contributed by atoms with Crippen LogP contribution in [0.4, 0.5) is 0 Å². The van der Waals surface area contributed by atoms with E-state index >= 15 is 0 Å². The third-order valence-electron chi connectivity index (χ3n) is 5.94. The van der Waals surface area contributed by atoms with Gasteiger partial charge in [0.15, 0.2) is 0 Å². The molecule has 5 heteroatoms. The Bertz CT molecular complexity index is 2020. The average molecular weight is 438 g/mol. The molecule has 0 bridgehead atoms. The van der Waals surface area contributed by atoms with Gasteiger partial charge in [0.25, 0.3) is 0 Å². The SMILES string of the molecule is C=c1ccc2nccc/c(=C\c3ccc4c(/C=c5\cccnc6ccc(=C)c5=6)nnc-4cn3)c1=2. The van der Waals surface area contributed by atoms with Crippen molar-refractivity contribution in [1.29, 1.82) is 0 Å². The topological polar surface area (TPSA) is 64.5 Å². The summed E-state index contributed by atoms with van der Waals surface area (Å²) in [5.41, 5.74) is 3.25. The van der Waals surface area contributed by atoms with Crippen LogP contribution in [0.3, 0.4) is 0 Å². The lowest BCUT2D eigenvalue weighted by Crippen LogP contribution is -2.10. The monoisotopic (exact) mass is 437 g/mol. The van der Waals surface area contributed by atoms with E-state index in [4.69, 9.17) is 0 Å². The Morgan fingerprint density at radius 3 is 1.94 bits per heavy atom. The lowest BCUT2D eigenvalue weighted by atomic mass is 10.1. The van der Waals surface area contributed by atoms with Crippen LogP contribution >= 0.6 is 0 Å². The molecular weight excluding hydrogens is 418 g/mol. The highest BCUT2D eigenvalue weighted by atomic mass is 15.1. The van der Waals surface area contributed by atoms with Gasteiger partial charge in [-0.25, -0.2) is 0 Å². The highest BCUT2D eigenvalue weighted by Crippen LogP contribution is 2.21. The van der Waals surface area contributed by atoms with Gasteiger partial charge in [0.1, 0.15) is 5.69 Å². The molecule has 4 heterocycles. The lowest BCUT2D eigenvalue weighted by Gasteiger charge is -1.90. The van der Waals surface area contributed by atoms with Crippen molar-refractivity contribution < 1.29 is 0 Å². The van der Waals surface area contributed by atoms with Crippen molar-refractivity contribution in [3.63, 3.8) is 0 Å². The molecule has 0 aromatic rings. The highest BCUT2D eigenvalue weighted by molar-refractivity contribution is 5.71. The molecule has 5 nitrogen and oxygen atoms in total. The van der Waals surface area contributed by atoms with E-state index in [0.29, 0.717) is 0 Å². The van der Waals surface area contributed by atoms with Crippen molar-refractivity contribution in [2.24, 2.45) is 0 Å². The average Bonchev–Trinajstić information content (AvgIpc) is 3.33. The van der Waals surface area contributed by atoms with Gasteiger partial charge in [-0.3, -0.25) is 15.0 Å². The highest BCUT2D eigenvalue weighted by Gasteiger charge is 2.10. The Balaban J connectivity index is 1.55. The zero-order valence-electron chi connectivity index (χ0n) is 18.3. The van der Waals surface area contributed by atoms with E-state index in [1.54, 1.807) is 18.6 Å². The molecule has 0 aromatic heterocycles. The van der Waals surface area contributed by atoms with E-state index in [-0.39, 0.29) is 0 Å². The van der Waals surface area contributed by atoms with E-state index in [9.17, 15) is 0 Å². The van der Waals surface area contributed by atoms with Crippen LogP contribution in [0.25, 0.3) is 36.6 Å². The van der Waals surface area contributed by atoms with Crippen molar-refractivity contribution in [1.82, 2.24) is 25.1 Å². The first-order valence-electron chi connectivity index (χ1n) is 10.9. The fraction of sp³-hybridized carbons (Fsp3) is 0. The lowest BCUT2D eigenvalue weighted by molar-refractivity contribution is 1.08. The van der Waals surface area contributed by atoms with Gasteiger partial charge in [-0.2, -0.15) is 0 Å². The predicted molar refractivity (Wildman–Crippen MR) is 132 cm³/mol. The standard InChI is InChI=1S/C29H19N5/c1-18-7-11-24-28(18)20(5-3-13-30-24)15-22-9-10-23-26(33-34-27(23)17-32-22)16-21-6-4-14-31-25-12-8-19(2)29(21)25/h3-17H,1-2H2/b20-15+,21-16+. The molecule has 0 spiro atoms. The Morgan fingerprint density at radius 2 is 1.26 bits per heavy atom. The van der Waals surface area contributed by atoms with Crippen molar-refractivity contribution in [3.05, 3.63) is 133 Å². The first-order valence-corrected chi connectivity index (χ1v) is 10.9. The third-order valence-corrected chi connectivity index (χ3v) is 5.94. The van der Waals surface area contributed by atoms with Crippen LogP contribution in [0.15, 0.2) is 79.3 Å². The molecule has 0 saturated heterocycles. The van der Waals surface area contributed by atoms with E-state index in [1.807, 2.05) is 72.8 Å². The minimum Gasteiger partial charge on any atom is -0.256 e. The summed E-state index contributed by atoms with van der Waals surface area (Å²) in [7, 11) is 0. The summed E-state index contributed by atoms with van der Waals surface area (Å²) >= 11 is 0. The maximum absolute atomic E-state index is 4.66. The molecule has 0 N–H and O–H groups in total. The first kappa shape index (κ1) is 19.9. The number of aromatic nitrogens is 5. The Hall–Kier alpha value is -4.77. The zero-order valence-corrected chi connectivity index (χ0v) is 18.3. The molecule has 6 rings (SSSR count). The minimum atomic E-state index is 0.731. The van der Waals surface area contributed by atoms with Gasteiger partial charge in [0, 0.05) is 28.4 Å². The number of hydrogen-bond donors (Lipinski definition) is 0. The zero-order chi connectivity index (χ0) is 23.1. The minimum absolute atomic E-state index is 0.731. The molecule has 0 radical (unpaired) electrons. The molecule has 160 valence electrons. The molecule has 0 unspecified atom stereocenters. The van der Waals surface area contributed by atoms with Crippen LogP contribution in [0.2, 0.25) is 0 Å². The van der Waals surface area contributed by atoms with Crippen LogP contribution in [0, 0.1) is 21.1 Å². The first-order chi connectivity index (χ1) is 16.7. The molecule has 34 heavy (non-hydrogen) atoms. The van der Waals surface area contributed by atoms with Crippen LogP contribution < -0.4 is 20.9 Å². The molecular formula is C29H19N5. The maximum atomic E-state index is 4.66. The fourth-order valence-electron chi connectivity index (χ4n) is 4.31. The maximum Gasteiger partial charge on any atom is 0.113 e. The summed E-state index contributed by atoms with van der Waals surface area (Å²) in [5, 5.41) is 16.5. The van der Waals surface area contributed by atoms with Gasteiger partial charge in [0.05, 0.1) is 28.3 Å². The number of nitrogens with zero attached hydrogens (tertiary/aromatic N) is 5. The van der Waals surface area contributed by atoms with Crippen LogP contribution in [0.1, 0.15) is 11.4 Å². The van der Waals surface area contributed by atoms with E-state index in [2.05, 4.69) is 38.3 Å². The van der Waals surface area contributed by atoms with Crippen molar-refractivity contribution in [2.75, 3.05) is 0 Å². The largest absolute Gasteiger partial charge is 0.256 e. The molecule has 2 aliphatic carbocycles. The summed E-state index contributed by atoms with van der Waals surface area (Å²) in [4.78, 5) is 13.6. The number of rotatable bonds is 2. The van der Waals surface area contributed by atoms with Gasteiger partial charge in [-0.1, -0.05) is 37.4 Å².